The molecule has 84 valence electrons. The van der Waals surface area contributed by atoms with Gasteiger partial charge in [-0.1, -0.05) is 0 Å². The number of likely N-dealkylation sites (N-methyl/N-ethyl adjacent to an activating group) is 1. The predicted octanol–water partition coefficient (Wildman–Crippen LogP) is -0.161. The number of aliphatic hydroxyl groups is 2. The van der Waals surface area contributed by atoms with E-state index in [1.807, 2.05) is 19.0 Å². The molecule has 1 rings (SSSR count). The lowest BCUT2D eigenvalue weighted by Gasteiger charge is -2.35. The third-order valence-electron chi connectivity index (χ3n) is 2.58. The molecule has 0 aromatic carbocycles. The summed E-state index contributed by atoms with van der Waals surface area (Å²) in [7, 11) is 3.93. The first kappa shape index (κ1) is 11.9. The molecule has 0 radical (unpaired) electrons. The molecule has 0 saturated carbocycles. The van der Waals surface area contributed by atoms with Crippen molar-refractivity contribution in [3.05, 3.63) is 0 Å². The molecule has 2 N–H and O–H groups in total. The number of aliphatic hydroxyl groups excluding tert-OH is 2. The van der Waals surface area contributed by atoms with Gasteiger partial charge in [0, 0.05) is 13.2 Å². The normalized spacial score (nSPS) is 33.6. The topological polar surface area (TPSA) is 52.9 Å². The molecular formula is C10H21NO3. The molecule has 0 aromatic rings. The van der Waals surface area contributed by atoms with Crippen LogP contribution in [-0.4, -0.2) is 60.7 Å². The molecule has 0 aromatic heterocycles. The summed E-state index contributed by atoms with van der Waals surface area (Å²) < 4.78 is 5.70. The van der Waals surface area contributed by atoms with Crippen LogP contribution >= 0.6 is 0 Å². The number of rotatable bonds is 4. The summed E-state index contributed by atoms with van der Waals surface area (Å²) >= 11 is 0. The maximum Gasteiger partial charge on any atom is 0.0963 e. The van der Waals surface area contributed by atoms with E-state index in [2.05, 4.69) is 0 Å². The molecule has 4 heteroatoms. The molecular weight excluding hydrogens is 182 g/mol. The van der Waals surface area contributed by atoms with E-state index in [0.717, 1.165) is 19.4 Å². The number of hydrogen-bond donors (Lipinski definition) is 2. The molecule has 0 amide bonds. The summed E-state index contributed by atoms with van der Waals surface area (Å²) in [6.07, 6.45) is 1.97. The van der Waals surface area contributed by atoms with E-state index in [4.69, 9.17) is 9.84 Å². The highest BCUT2D eigenvalue weighted by Gasteiger charge is 2.29. The fourth-order valence-corrected chi connectivity index (χ4v) is 1.83. The fourth-order valence-electron chi connectivity index (χ4n) is 1.83. The standard InChI is InChI=1S/C10H21NO3/c1-11(2)7-10-9(13)4-3-8(14-10)5-6-12/h8-10,12-13H,3-7H2,1-2H3. The van der Waals surface area contributed by atoms with Crippen molar-refractivity contribution in [2.75, 3.05) is 27.2 Å². The van der Waals surface area contributed by atoms with Crippen molar-refractivity contribution in [2.45, 2.75) is 37.6 Å². The zero-order valence-corrected chi connectivity index (χ0v) is 9.02. The Morgan fingerprint density at radius 1 is 1.36 bits per heavy atom. The molecule has 3 atom stereocenters. The van der Waals surface area contributed by atoms with E-state index in [1.165, 1.54) is 0 Å². The van der Waals surface area contributed by atoms with Crippen LogP contribution < -0.4 is 0 Å². The minimum atomic E-state index is -0.354. The molecule has 14 heavy (non-hydrogen) atoms. The number of nitrogens with zero attached hydrogens (tertiary/aromatic N) is 1. The van der Waals surface area contributed by atoms with Gasteiger partial charge < -0.3 is 19.8 Å². The van der Waals surface area contributed by atoms with Gasteiger partial charge in [-0.25, -0.2) is 0 Å². The Labute approximate surface area is 85.5 Å². The minimum Gasteiger partial charge on any atom is -0.396 e. The molecule has 3 unspecified atom stereocenters. The van der Waals surface area contributed by atoms with Crippen molar-refractivity contribution in [3.8, 4) is 0 Å². The van der Waals surface area contributed by atoms with Crippen molar-refractivity contribution in [3.63, 3.8) is 0 Å². The van der Waals surface area contributed by atoms with Crippen LogP contribution in [0.1, 0.15) is 19.3 Å². The highest BCUT2D eigenvalue weighted by Crippen LogP contribution is 2.21. The van der Waals surface area contributed by atoms with E-state index in [1.54, 1.807) is 0 Å². The third-order valence-corrected chi connectivity index (χ3v) is 2.58. The molecule has 1 saturated heterocycles. The average molecular weight is 203 g/mol. The van der Waals surface area contributed by atoms with Gasteiger partial charge in [-0.05, 0) is 33.4 Å². The molecule has 0 aliphatic carbocycles. The minimum absolute atomic E-state index is 0.102. The Hall–Kier alpha value is -0.160. The van der Waals surface area contributed by atoms with Crippen molar-refractivity contribution in [2.24, 2.45) is 0 Å². The summed E-state index contributed by atoms with van der Waals surface area (Å²) in [5.41, 5.74) is 0. The van der Waals surface area contributed by atoms with E-state index >= 15 is 0 Å². The van der Waals surface area contributed by atoms with Crippen LogP contribution in [0.4, 0.5) is 0 Å². The first-order chi connectivity index (χ1) is 6.63. The van der Waals surface area contributed by atoms with Gasteiger partial charge in [0.2, 0.25) is 0 Å². The second-order valence-corrected chi connectivity index (χ2v) is 4.22. The van der Waals surface area contributed by atoms with Crippen LogP contribution in [-0.2, 0) is 4.74 Å². The summed E-state index contributed by atoms with van der Waals surface area (Å²) in [6.45, 7) is 0.901. The van der Waals surface area contributed by atoms with Gasteiger partial charge in [0.25, 0.3) is 0 Å². The zero-order chi connectivity index (χ0) is 10.6. The molecule has 1 aliphatic rings. The fraction of sp³-hybridized carbons (Fsp3) is 1.00. The smallest absolute Gasteiger partial charge is 0.0963 e. The second-order valence-electron chi connectivity index (χ2n) is 4.22. The van der Waals surface area contributed by atoms with Crippen LogP contribution in [0, 0.1) is 0 Å². The van der Waals surface area contributed by atoms with Gasteiger partial charge in [0.1, 0.15) is 0 Å². The monoisotopic (exact) mass is 203 g/mol. The summed E-state index contributed by atoms with van der Waals surface area (Å²) in [6, 6.07) is 0. The highest BCUT2D eigenvalue weighted by molar-refractivity contribution is 4.79. The molecule has 1 heterocycles. The van der Waals surface area contributed by atoms with Crippen LogP contribution in [0.2, 0.25) is 0 Å². The quantitative estimate of drug-likeness (QED) is 0.666. The van der Waals surface area contributed by atoms with Gasteiger partial charge in [0.05, 0.1) is 18.3 Å². The third kappa shape index (κ3) is 3.53. The molecule has 1 fully saturated rings. The Morgan fingerprint density at radius 2 is 2.07 bits per heavy atom. The Balaban J connectivity index is 2.38. The Kier molecular flexibility index (Phi) is 4.81. The van der Waals surface area contributed by atoms with E-state index < -0.39 is 0 Å². The molecule has 1 aliphatic heterocycles. The maximum absolute atomic E-state index is 9.69. The van der Waals surface area contributed by atoms with Gasteiger partial charge >= 0.3 is 0 Å². The second kappa shape index (κ2) is 5.66. The first-order valence-electron chi connectivity index (χ1n) is 5.22. The SMILES string of the molecule is CN(C)CC1OC(CCO)CCC1O. The molecule has 0 bridgehead atoms. The van der Waals surface area contributed by atoms with Crippen molar-refractivity contribution in [1.82, 2.24) is 4.90 Å². The average Bonchev–Trinajstić information content (AvgIpc) is 2.10. The van der Waals surface area contributed by atoms with Gasteiger partial charge in [0.15, 0.2) is 0 Å². The van der Waals surface area contributed by atoms with Gasteiger partial charge in [-0.3, -0.25) is 0 Å². The Bertz CT molecular complexity index is 163. The lowest BCUT2D eigenvalue weighted by molar-refractivity contribution is -0.127. The van der Waals surface area contributed by atoms with Crippen LogP contribution in [0.15, 0.2) is 0 Å². The van der Waals surface area contributed by atoms with Crippen molar-refractivity contribution < 1.29 is 14.9 Å². The lowest BCUT2D eigenvalue weighted by atomic mass is 9.99. The summed E-state index contributed by atoms with van der Waals surface area (Å²) in [4.78, 5) is 2.01. The largest absolute Gasteiger partial charge is 0.396 e. The zero-order valence-electron chi connectivity index (χ0n) is 9.02. The number of ether oxygens (including phenoxy) is 1. The maximum atomic E-state index is 9.69. The summed E-state index contributed by atoms with van der Waals surface area (Å²) in [5.74, 6) is 0. The lowest BCUT2D eigenvalue weighted by Crippen LogP contribution is -2.44. The van der Waals surface area contributed by atoms with Crippen LogP contribution in [0.25, 0.3) is 0 Å². The van der Waals surface area contributed by atoms with Crippen molar-refractivity contribution in [1.29, 1.82) is 0 Å². The molecule has 0 spiro atoms. The van der Waals surface area contributed by atoms with Gasteiger partial charge in [-0.15, -0.1) is 0 Å². The summed E-state index contributed by atoms with van der Waals surface area (Å²) in [5, 5.41) is 18.5. The number of hydrogen-bond acceptors (Lipinski definition) is 4. The van der Waals surface area contributed by atoms with E-state index in [9.17, 15) is 5.11 Å². The van der Waals surface area contributed by atoms with Crippen molar-refractivity contribution >= 4 is 0 Å². The molecule has 4 nitrogen and oxygen atoms in total. The van der Waals surface area contributed by atoms with E-state index in [0.29, 0.717) is 6.42 Å². The van der Waals surface area contributed by atoms with E-state index in [-0.39, 0.29) is 24.9 Å². The van der Waals surface area contributed by atoms with Crippen LogP contribution in [0.5, 0.6) is 0 Å². The first-order valence-corrected chi connectivity index (χ1v) is 5.22. The Morgan fingerprint density at radius 3 is 2.64 bits per heavy atom. The van der Waals surface area contributed by atoms with Gasteiger partial charge in [-0.2, -0.15) is 0 Å². The van der Waals surface area contributed by atoms with Crippen LogP contribution in [0.3, 0.4) is 0 Å². The predicted molar refractivity (Wildman–Crippen MR) is 54.2 cm³/mol. The highest BCUT2D eigenvalue weighted by atomic mass is 16.5.